The summed E-state index contributed by atoms with van der Waals surface area (Å²) in [4.78, 5) is 0. The summed E-state index contributed by atoms with van der Waals surface area (Å²) in [5, 5.41) is 3.44. The van der Waals surface area contributed by atoms with Crippen LogP contribution in [0.2, 0.25) is 0 Å². The molecule has 1 heterocycles. The highest BCUT2D eigenvalue weighted by atomic mass is 79.9. The predicted octanol–water partition coefficient (Wildman–Crippen LogP) is 3.16. The summed E-state index contributed by atoms with van der Waals surface area (Å²) in [6.07, 6.45) is 1.27. The van der Waals surface area contributed by atoms with E-state index in [0.717, 1.165) is 24.9 Å². The number of nitrogens with one attached hydrogen (secondary N) is 1. The quantitative estimate of drug-likeness (QED) is 0.811. The summed E-state index contributed by atoms with van der Waals surface area (Å²) in [5.74, 6) is 1.49. The molecule has 1 aromatic rings. The third-order valence-electron chi connectivity index (χ3n) is 3.08. The van der Waals surface area contributed by atoms with Gasteiger partial charge < -0.3 is 5.32 Å². The third-order valence-corrected chi connectivity index (χ3v) is 3.61. The zero-order valence-electron chi connectivity index (χ0n) is 8.46. The Balaban J connectivity index is 2.16. The van der Waals surface area contributed by atoms with Crippen LogP contribution < -0.4 is 5.32 Å². The van der Waals surface area contributed by atoms with Crippen LogP contribution in [-0.2, 0) is 0 Å². The standard InChI is InChI=1S/C12H16BrN/c1-9-8-14-7-6-12(9)10-2-4-11(13)5-3-10/h2-5,9,12,14H,6-8H2,1H3/t9-,12+/m1/s1. The molecule has 0 saturated carbocycles. The molecule has 1 N–H and O–H groups in total. The number of benzene rings is 1. The van der Waals surface area contributed by atoms with Crippen LogP contribution in [0.5, 0.6) is 0 Å². The number of halogens is 1. The second-order valence-corrected chi connectivity index (χ2v) is 5.04. The van der Waals surface area contributed by atoms with Crippen molar-refractivity contribution in [3.63, 3.8) is 0 Å². The maximum atomic E-state index is 3.47. The van der Waals surface area contributed by atoms with E-state index >= 15 is 0 Å². The lowest BCUT2D eigenvalue weighted by Gasteiger charge is -2.29. The van der Waals surface area contributed by atoms with E-state index in [-0.39, 0.29) is 0 Å². The van der Waals surface area contributed by atoms with Gasteiger partial charge in [-0.05, 0) is 49.0 Å². The van der Waals surface area contributed by atoms with Gasteiger partial charge in [0, 0.05) is 4.47 Å². The van der Waals surface area contributed by atoms with Gasteiger partial charge in [0.15, 0.2) is 0 Å². The monoisotopic (exact) mass is 253 g/mol. The van der Waals surface area contributed by atoms with E-state index < -0.39 is 0 Å². The molecule has 2 heteroatoms. The molecule has 0 aliphatic carbocycles. The molecule has 1 aromatic carbocycles. The Morgan fingerprint density at radius 3 is 2.64 bits per heavy atom. The number of rotatable bonds is 1. The number of hydrogen-bond acceptors (Lipinski definition) is 1. The van der Waals surface area contributed by atoms with E-state index in [1.54, 1.807) is 0 Å². The van der Waals surface area contributed by atoms with Crippen LogP contribution in [0.3, 0.4) is 0 Å². The van der Waals surface area contributed by atoms with Gasteiger partial charge in [-0.15, -0.1) is 0 Å². The van der Waals surface area contributed by atoms with Crippen molar-refractivity contribution in [2.75, 3.05) is 13.1 Å². The second kappa shape index (κ2) is 4.45. The highest BCUT2D eigenvalue weighted by Crippen LogP contribution is 2.30. The van der Waals surface area contributed by atoms with Gasteiger partial charge in [-0.1, -0.05) is 35.0 Å². The first-order valence-electron chi connectivity index (χ1n) is 5.23. The summed E-state index contributed by atoms with van der Waals surface area (Å²) in [7, 11) is 0. The van der Waals surface area contributed by atoms with E-state index in [4.69, 9.17) is 0 Å². The Morgan fingerprint density at radius 1 is 1.29 bits per heavy atom. The van der Waals surface area contributed by atoms with Crippen molar-refractivity contribution >= 4 is 15.9 Å². The van der Waals surface area contributed by atoms with Crippen molar-refractivity contribution in [2.45, 2.75) is 19.3 Å². The fourth-order valence-corrected chi connectivity index (χ4v) is 2.48. The molecule has 0 bridgehead atoms. The fraction of sp³-hybridized carbons (Fsp3) is 0.500. The molecule has 0 unspecified atom stereocenters. The normalized spacial score (nSPS) is 27.6. The zero-order chi connectivity index (χ0) is 9.97. The average Bonchev–Trinajstić information content (AvgIpc) is 2.20. The van der Waals surface area contributed by atoms with Gasteiger partial charge in [0.05, 0.1) is 0 Å². The van der Waals surface area contributed by atoms with Crippen LogP contribution in [0.4, 0.5) is 0 Å². The van der Waals surface area contributed by atoms with Crippen molar-refractivity contribution < 1.29 is 0 Å². The zero-order valence-corrected chi connectivity index (χ0v) is 10.0. The minimum atomic E-state index is 0.740. The van der Waals surface area contributed by atoms with Gasteiger partial charge in [0.1, 0.15) is 0 Å². The molecule has 1 nitrogen and oxygen atoms in total. The van der Waals surface area contributed by atoms with Crippen molar-refractivity contribution in [2.24, 2.45) is 5.92 Å². The minimum Gasteiger partial charge on any atom is -0.316 e. The van der Waals surface area contributed by atoms with Crippen LogP contribution in [0.15, 0.2) is 28.7 Å². The summed E-state index contributed by atoms with van der Waals surface area (Å²) >= 11 is 3.47. The molecule has 2 rings (SSSR count). The Bertz CT molecular complexity index is 294. The van der Waals surface area contributed by atoms with Gasteiger partial charge in [0.25, 0.3) is 0 Å². The SMILES string of the molecule is C[C@@H]1CNCC[C@@H]1c1ccc(Br)cc1. The summed E-state index contributed by atoms with van der Waals surface area (Å²) in [6.45, 7) is 4.64. The topological polar surface area (TPSA) is 12.0 Å². The molecule has 0 amide bonds. The van der Waals surface area contributed by atoms with Crippen LogP contribution in [-0.4, -0.2) is 13.1 Å². The van der Waals surface area contributed by atoms with Gasteiger partial charge in [-0.25, -0.2) is 0 Å². The first-order valence-corrected chi connectivity index (χ1v) is 6.03. The first kappa shape index (κ1) is 10.2. The Kier molecular flexibility index (Phi) is 3.24. The molecule has 1 aliphatic rings. The molecule has 76 valence electrons. The fourth-order valence-electron chi connectivity index (χ4n) is 2.22. The molecule has 1 saturated heterocycles. The lowest BCUT2D eigenvalue weighted by atomic mass is 9.82. The Labute approximate surface area is 94.0 Å². The van der Waals surface area contributed by atoms with E-state index in [9.17, 15) is 0 Å². The Hall–Kier alpha value is -0.340. The van der Waals surface area contributed by atoms with Gasteiger partial charge in [-0.2, -0.15) is 0 Å². The van der Waals surface area contributed by atoms with Crippen LogP contribution in [0.1, 0.15) is 24.8 Å². The molecule has 1 fully saturated rings. The van der Waals surface area contributed by atoms with Crippen molar-refractivity contribution in [1.29, 1.82) is 0 Å². The second-order valence-electron chi connectivity index (χ2n) is 4.13. The molecule has 1 aliphatic heterocycles. The molecule has 0 spiro atoms. The van der Waals surface area contributed by atoms with Crippen LogP contribution >= 0.6 is 15.9 Å². The van der Waals surface area contributed by atoms with Gasteiger partial charge in [0.2, 0.25) is 0 Å². The highest BCUT2D eigenvalue weighted by Gasteiger charge is 2.22. The van der Waals surface area contributed by atoms with E-state index in [0.29, 0.717) is 0 Å². The van der Waals surface area contributed by atoms with Gasteiger partial charge in [-0.3, -0.25) is 0 Å². The number of hydrogen-bond donors (Lipinski definition) is 1. The van der Waals surface area contributed by atoms with Gasteiger partial charge >= 0.3 is 0 Å². The molecule has 2 atom stereocenters. The summed E-state index contributed by atoms with van der Waals surface area (Å²) in [6, 6.07) is 8.78. The molecular formula is C12H16BrN. The maximum Gasteiger partial charge on any atom is 0.0175 e. The predicted molar refractivity (Wildman–Crippen MR) is 63.5 cm³/mol. The lowest BCUT2D eigenvalue weighted by molar-refractivity contribution is 0.349. The van der Waals surface area contributed by atoms with Crippen LogP contribution in [0.25, 0.3) is 0 Å². The summed E-state index contributed by atoms with van der Waals surface area (Å²) in [5.41, 5.74) is 1.49. The third kappa shape index (κ3) is 2.18. The molecule has 0 aromatic heterocycles. The van der Waals surface area contributed by atoms with E-state index in [1.165, 1.54) is 16.5 Å². The highest BCUT2D eigenvalue weighted by molar-refractivity contribution is 9.10. The molecule has 0 radical (unpaired) electrons. The van der Waals surface area contributed by atoms with E-state index in [1.807, 2.05) is 0 Å². The van der Waals surface area contributed by atoms with Crippen molar-refractivity contribution in [1.82, 2.24) is 5.32 Å². The summed E-state index contributed by atoms with van der Waals surface area (Å²) < 4.78 is 1.17. The van der Waals surface area contributed by atoms with Crippen molar-refractivity contribution in [3.05, 3.63) is 34.3 Å². The first-order chi connectivity index (χ1) is 6.77. The Morgan fingerprint density at radius 2 is 2.00 bits per heavy atom. The number of piperidine rings is 1. The molecular weight excluding hydrogens is 238 g/mol. The van der Waals surface area contributed by atoms with Crippen LogP contribution in [0, 0.1) is 5.92 Å². The molecule has 14 heavy (non-hydrogen) atoms. The average molecular weight is 254 g/mol. The van der Waals surface area contributed by atoms with E-state index in [2.05, 4.69) is 52.4 Å². The smallest absolute Gasteiger partial charge is 0.0175 e. The lowest BCUT2D eigenvalue weighted by Crippen LogP contribution is -2.33. The minimum absolute atomic E-state index is 0.740. The van der Waals surface area contributed by atoms with Crippen molar-refractivity contribution in [3.8, 4) is 0 Å². The maximum absolute atomic E-state index is 3.47. The largest absolute Gasteiger partial charge is 0.316 e.